The number of hydrogen-bond acceptors (Lipinski definition) is 2. The molecule has 0 aliphatic rings. The van der Waals surface area contributed by atoms with E-state index >= 15 is 0 Å². The summed E-state index contributed by atoms with van der Waals surface area (Å²) in [6.45, 7) is 9.21. The van der Waals surface area contributed by atoms with Gasteiger partial charge in [-0.05, 0) is 86.8 Å². The van der Waals surface area contributed by atoms with Crippen molar-refractivity contribution < 1.29 is 0 Å². The molecule has 0 aliphatic heterocycles. The molecule has 0 saturated heterocycles. The van der Waals surface area contributed by atoms with Crippen molar-refractivity contribution in [1.82, 2.24) is 0 Å². The lowest BCUT2D eigenvalue weighted by atomic mass is 10.00. The summed E-state index contributed by atoms with van der Waals surface area (Å²) in [5, 5.41) is 0. The fourth-order valence-corrected chi connectivity index (χ4v) is 7.74. The minimum Gasteiger partial charge on any atom is -0.252 e. The first-order valence-electron chi connectivity index (χ1n) is 24.0. The van der Waals surface area contributed by atoms with E-state index in [2.05, 4.69) is 76.2 Å². The summed E-state index contributed by atoms with van der Waals surface area (Å²) in [5.41, 5.74) is 7.54. The molecule has 0 amide bonds. The zero-order valence-corrected chi connectivity index (χ0v) is 36.6. The molecule has 2 aromatic rings. The number of rotatable bonds is 37. The van der Waals surface area contributed by atoms with Crippen molar-refractivity contribution in [3.05, 3.63) is 59.7 Å². The van der Waals surface area contributed by atoms with Crippen LogP contribution in [-0.4, -0.2) is 11.4 Å². The third kappa shape index (κ3) is 25.8. The second-order valence-corrected chi connectivity index (χ2v) is 16.6. The number of nitrogens with zero attached hydrogens (tertiary/aromatic N) is 2. The summed E-state index contributed by atoms with van der Waals surface area (Å²) in [6.07, 6.45) is 45.1. The summed E-state index contributed by atoms with van der Waals surface area (Å²) in [6, 6.07) is 18.4. The van der Waals surface area contributed by atoms with E-state index in [1.807, 2.05) is 0 Å². The highest BCUT2D eigenvalue weighted by atomic mass is 14.8. The van der Waals surface area contributed by atoms with Crippen LogP contribution in [0.25, 0.3) is 0 Å². The Morgan fingerprint density at radius 1 is 0.296 bits per heavy atom. The van der Waals surface area contributed by atoms with Crippen molar-refractivity contribution in [2.45, 2.75) is 246 Å². The van der Waals surface area contributed by atoms with Gasteiger partial charge in [0.1, 0.15) is 0 Å². The van der Waals surface area contributed by atoms with Crippen LogP contribution in [0.5, 0.6) is 0 Å². The van der Waals surface area contributed by atoms with Gasteiger partial charge < -0.3 is 0 Å². The first-order chi connectivity index (χ1) is 26.7. The lowest BCUT2D eigenvalue weighted by Gasteiger charge is -2.12. The molecule has 2 heteroatoms. The second kappa shape index (κ2) is 35.2. The highest BCUT2D eigenvalue weighted by molar-refractivity contribution is 6.43. The third-order valence-electron chi connectivity index (χ3n) is 11.4. The average Bonchev–Trinajstić information content (AvgIpc) is 3.19. The van der Waals surface area contributed by atoms with Crippen LogP contribution in [-0.2, 0) is 12.8 Å². The van der Waals surface area contributed by atoms with Crippen LogP contribution in [0.3, 0.4) is 0 Å². The minimum atomic E-state index is 1.02. The van der Waals surface area contributed by atoms with Gasteiger partial charge in [0.2, 0.25) is 0 Å². The van der Waals surface area contributed by atoms with Gasteiger partial charge >= 0.3 is 0 Å². The van der Waals surface area contributed by atoms with Crippen LogP contribution in [0.2, 0.25) is 0 Å². The summed E-state index contributed by atoms with van der Waals surface area (Å²) >= 11 is 0. The highest BCUT2D eigenvalue weighted by Gasteiger charge is 2.12. The quantitative estimate of drug-likeness (QED) is 0.0487. The van der Waals surface area contributed by atoms with Crippen LogP contribution in [0.1, 0.15) is 244 Å². The Labute approximate surface area is 337 Å². The van der Waals surface area contributed by atoms with Crippen LogP contribution < -0.4 is 0 Å². The molecule has 2 rings (SSSR count). The first kappa shape index (κ1) is 47.9. The standard InChI is InChI=1S/C52H88N2/c1-5-9-13-17-20-22-24-26-28-31-35-47-39-43-49(44-40-47)53-51(37-33-16-12-8-4)52(38-34-30-19-15-11-7-3)54-50-45-41-48(42-46-50)36-32-29-27-25-23-21-18-14-10-6-2/h39-46H,5-38H2,1-4H3. The Bertz CT molecular complexity index is 1160. The molecule has 2 nitrogen and oxygen atoms in total. The van der Waals surface area contributed by atoms with E-state index < -0.39 is 0 Å². The number of hydrogen-bond donors (Lipinski definition) is 0. The number of aryl methyl sites for hydroxylation is 2. The first-order valence-corrected chi connectivity index (χ1v) is 24.0. The van der Waals surface area contributed by atoms with E-state index in [9.17, 15) is 0 Å². The maximum atomic E-state index is 5.38. The smallest absolute Gasteiger partial charge is 0.0633 e. The van der Waals surface area contributed by atoms with Crippen molar-refractivity contribution in [1.29, 1.82) is 0 Å². The van der Waals surface area contributed by atoms with Crippen molar-refractivity contribution in [3.63, 3.8) is 0 Å². The Morgan fingerprint density at radius 2 is 0.537 bits per heavy atom. The van der Waals surface area contributed by atoms with E-state index in [0.717, 1.165) is 24.2 Å². The van der Waals surface area contributed by atoms with Gasteiger partial charge in [-0.1, -0.05) is 219 Å². The molecule has 54 heavy (non-hydrogen) atoms. The molecule has 0 N–H and O–H groups in total. The Morgan fingerprint density at radius 3 is 0.833 bits per heavy atom. The molecule has 0 fully saturated rings. The second-order valence-electron chi connectivity index (χ2n) is 16.6. The van der Waals surface area contributed by atoms with Gasteiger partial charge in [0.25, 0.3) is 0 Å². The predicted octanol–water partition coefficient (Wildman–Crippen LogP) is 18.2. The molecule has 0 aliphatic carbocycles. The van der Waals surface area contributed by atoms with Crippen molar-refractivity contribution in [2.24, 2.45) is 9.98 Å². The number of aliphatic imine (C=N–C) groups is 2. The molecule has 0 unspecified atom stereocenters. The molecule has 0 saturated carbocycles. The lowest BCUT2D eigenvalue weighted by Crippen LogP contribution is -2.14. The van der Waals surface area contributed by atoms with Crippen LogP contribution in [0.4, 0.5) is 11.4 Å². The van der Waals surface area contributed by atoms with E-state index in [4.69, 9.17) is 9.98 Å². The Balaban J connectivity index is 2.03. The van der Waals surface area contributed by atoms with E-state index in [1.54, 1.807) is 0 Å². The molecule has 306 valence electrons. The highest BCUT2D eigenvalue weighted by Crippen LogP contribution is 2.23. The van der Waals surface area contributed by atoms with Gasteiger partial charge in [0.05, 0.1) is 22.8 Å². The van der Waals surface area contributed by atoms with Crippen LogP contribution >= 0.6 is 0 Å². The monoisotopic (exact) mass is 741 g/mol. The van der Waals surface area contributed by atoms with Crippen LogP contribution in [0, 0.1) is 0 Å². The summed E-state index contributed by atoms with van der Waals surface area (Å²) in [4.78, 5) is 10.8. The van der Waals surface area contributed by atoms with E-state index in [0.29, 0.717) is 0 Å². The van der Waals surface area contributed by atoms with E-state index in [1.165, 1.54) is 228 Å². The van der Waals surface area contributed by atoms with Gasteiger partial charge in [0, 0.05) is 0 Å². The molecular weight excluding hydrogens is 653 g/mol. The number of unbranched alkanes of at least 4 members (excludes halogenated alkanes) is 26. The molecule has 0 aromatic heterocycles. The molecule has 0 bridgehead atoms. The van der Waals surface area contributed by atoms with Gasteiger partial charge in [-0.2, -0.15) is 0 Å². The van der Waals surface area contributed by atoms with Crippen molar-refractivity contribution in [2.75, 3.05) is 0 Å². The molecule has 2 aromatic carbocycles. The average molecular weight is 741 g/mol. The molecular formula is C52H88N2. The maximum absolute atomic E-state index is 5.38. The minimum absolute atomic E-state index is 1.02. The third-order valence-corrected chi connectivity index (χ3v) is 11.4. The van der Waals surface area contributed by atoms with Crippen molar-refractivity contribution >= 4 is 22.8 Å². The van der Waals surface area contributed by atoms with Gasteiger partial charge in [-0.25, -0.2) is 0 Å². The molecule has 0 heterocycles. The zero-order valence-electron chi connectivity index (χ0n) is 36.6. The molecule has 0 atom stereocenters. The molecule has 0 spiro atoms. The fourth-order valence-electron chi connectivity index (χ4n) is 7.74. The van der Waals surface area contributed by atoms with Gasteiger partial charge in [-0.15, -0.1) is 0 Å². The van der Waals surface area contributed by atoms with Crippen LogP contribution in [0.15, 0.2) is 58.5 Å². The van der Waals surface area contributed by atoms with Gasteiger partial charge in [-0.3, -0.25) is 9.98 Å². The maximum Gasteiger partial charge on any atom is 0.0633 e. The topological polar surface area (TPSA) is 24.7 Å². The largest absolute Gasteiger partial charge is 0.252 e. The summed E-state index contributed by atoms with van der Waals surface area (Å²) < 4.78 is 0. The van der Waals surface area contributed by atoms with E-state index in [-0.39, 0.29) is 0 Å². The molecule has 0 radical (unpaired) electrons. The van der Waals surface area contributed by atoms with Crippen molar-refractivity contribution in [3.8, 4) is 0 Å². The normalized spacial score (nSPS) is 12.2. The summed E-state index contributed by atoms with van der Waals surface area (Å²) in [5.74, 6) is 0. The summed E-state index contributed by atoms with van der Waals surface area (Å²) in [7, 11) is 0. The zero-order chi connectivity index (χ0) is 38.6. The fraction of sp³-hybridized carbons (Fsp3) is 0.731. The Hall–Kier alpha value is -2.22. The SMILES string of the molecule is CCCCCCCCCCCCc1ccc(N=C(CCCCCC)C(CCCCCCCC)=Nc2ccc(CCCCCCCCCCCC)cc2)cc1. The van der Waals surface area contributed by atoms with Gasteiger partial charge in [0.15, 0.2) is 0 Å². The lowest BCUT2D eigenvalue weighted by molar-refractivity contribution is 0.556. The predicted molar refractivity (Wildman–Crippen MR) is 245 cm³/mol. The Kier molecular flexibility index (Phi) is 31.3. The number of benzene rings is 2.